The van der Waals surface area contributed by atoms with Crippen molar-refractivity contribution in [3.63, 3.8) is 0 Å². The fourth-order valence-electron chi connectivity index (χ4n) is 1.95. The first-order valence-corrected chi connectivity index (χ1v) is 9.38. The van der Waals surface area contributed by atoms with Gasteiger partial charge in [-0.3, -0.25) is 4.79 Å². The number of nitrogens with one attached hydrogen (secondary N) is 1. The van der Waals surface area contributed by atoms with Crippen LogP contribution in [0.15, 0.2) is 45.8 Å². The number of hydrogen-bond donors (Lipinski definition) is 1. The highest BCUT2D eigenvalue weighted by Crippen LogP contribution is 2.35. The standard InChI is InChI=1S/C15H10BrClF3NO4S/c1-25-13-5-3-9(26(23,24)15(18,19)20)7-12(13)21-14(22)10-6-8(16)2-4-11(10)17/h2-7H,1H3,(H,21,22). The van der Waals surface area contributed by atoms with Crippen molar-refractivity contribution >= 4 is 49.0 Å². The number of sulfone groups is 1. The molecule has 0 fully saturated rings. The fraction of sp³-hybridized carbons (Fsp3) is 0.133. The predicted molar refractivity (Wildman–Crippen MR) is 93.3 cm³/mol. The summed E-state index contributed by atoms with van der Waals surface area (Å²) in [5.41, 5.74) is -5.69. The van der Waals surface area contributed by atoms with E-state index in [1.165, 1.54) is 19.2 Å². The highest BCUT2D eigenvalue weighted by Gasteiger charge is 2.47. The maximum Gasteiger partial charge on any atom is 0.501 e. The Kier molecular flexibility index (Phi) is 5.89. The molecule has 2 aromatic rings. The molecule has 1 N–H and O–H groups in total. The van der Waals surface area contributed by atoms with Gasteiger partial charge in [-0.2, -0.15) is 13.2 Å². The third-order valence-electron chi connectivity index (χ3n) is 3.21. The Labute approximate surface area is 160 Å². The molecule has 5 nitrogen and oxygen atoms in total. The molecule has 0 saturated heterocycles. The van der Waals surface area contributed by atoms with E-state index in [4.69, 9.17) is 16.3 Å². The molecule has 26 heavy (non-hydrogen) atoms. The van der Waals surface area contributed by atoms with Gasteiger partial charge in [0.05, 0.1) is 28.3 Å². The molecule has 140 valence electrons. The molecule has 11 heteroatoms. The zero-order valence-electron chi connectivity index (χ0n) is 12.9. The van der Waals surface area contributed by atoms with Gasteiger partial charge in [-0.1, -0.05) is 27.5 Å². The van der Waals surface area contributed by atoms with E-state index in [1.807, 2.05) is 0 Å². The number of hydrogen-bond acceptors (Lipinski definition) is 4. The molecule has 2 rings (SSSR count). The van der Waals surface area contributed by atoms with Crippen LogP contribution in [0.5, 0.6) is 5.75 Å². The molecule has 0 bridgehead atoms. The number of carbonyl (C=O) groups excluding carboxylic acids is 1. The number of ether oxygens (including phenoxy) is 1. The van der Waals surface area contributed by atoms with Gasteiger partial charge in [-0.15, -0.1) is 0 Å². The third-order valence-corrected chi connectivity index (χ3v) is 5.51. The Morgan fingerprint density at radius 3 is 2.42 bits per heavy atom. The van der Waals surface area contributed by atoms with Gasteiger partial charge in [0.2, 0.25) is 0 Å². The van der Waals surface area contributed by atoms with E-state index < -0.39 is 26.1 Å². The summed E-state index contributed by atoms with van der Waals surface area (Å²) in [5, 5.41) is 2.41. The minimum Gasteiger partial charge on any atom is -0.495 e. The number of methoxy groups -OCH3 is 1. The molecule has 0 saturated carbocycles. The zero-order valence-corrected chi connectivity index (χ0v) is 16.1. The first-order valence-electron chi connectivity index (χ1n) is 6.73. The Hall–Kier alpha value is -1.78. The molecule has 2 aromatic carbocycles. The lowest BCUT2D eigenvalue weighted by atomic mass is 10.2. The quantitative estimate of drug-likeness (QED) is 0.703. The second kappa shape index (κ2) is 7.45. The van der Waals surface area contributed by atoms with Gasteiger partial charge in [-0.05, 0) is 36.4 Å². The van der Waals surface area contributed by atoms with Gasteiger partial charge in [0.15, 0.2) is 0 Å². The number of rotatable bonds is 4. The molecular formula is C15H10BrClF3NO4S. The normalized spacial score (nSPS) is 11.9. The Morgan fingerprint density at radius 1 is 1.19 bits per heavy atom. The van der Waals surface area contributed by atoms with Gasteiger partial charge in [-0.25, -0.2) is 8.42 Å². The van der Waals surface area contributed by atoms with Crippen molar-refractivity contribution in [2.45, 2.75) is 10.4 Å². The van der Waals surface area contributed by atoms with Crippen LogP contribution >= 0.6 is 27.5 Å². The van der Waals surface area contributed by atoms with Crippen LogP contribution in [-0.2, 0) is 9.84 Å². The van der Waals surface area contributed by atoms with Gasteiger partial charge < -0.3 is 10.1 Å². The Morgan fingerprint density at radius 2 is 1.85 bits per heavy atom. The van der Waals surface area contributed by atoms with Crippen molar-refractivity contribution in [2.75, 3.05) is 12.4 Å². The topological polar surface area (TPSA) is 72.5 Å². The number of anilines is 1. The molecule has 0 unspecified atom stereocenters. The molecule has 0 aliphatic carbocycles. The predicted octanol–water partition coefficient (Wildman–Crippen LogP) is 4.66. The summed E-state index contributed by atoms with van der Waals surface area (Å²) in [6, 6.07) is 6.87. The highest BCUT2D eigenvalue weighted by atomic mass is 79.9. The van der Waals surface area contributed by atoms with E-state index in [0.717, 1.165) is 12.1 Å². The van der Waals surface area contributed by atoms with E-state index >= 15 is 0 Å². The summed E-state index contributed by atoms with van der Waals surface area (Å²) in [4.78, 5) is 11.3. The second-order valence-corrected chi connectivity index (χ2v) is 8.15. The minimum atomic E-state index is -5.58. The van der Waals surface area contributed by atoms with Gasteiger partial charge in [0, 0.05) is 4.47 Å². The van der Waals surface area contributed by atoms with Crippen LogP contribution in [0.4, 0.5) is 18.9 Å². The average Bonchev–Trinajstić information content (AvgIpc) is 2.55. The molecule has 0 radical (unpaired) electrons. The van der Waals surface area contributed by atoms with E-state index in [9.17, 15) is 26.4 Å². The lowest BCUT2D eigenvalue weighted by Crippen LogP contribution is -2.23. The smallest absolute Gasteiger partial charge is 0.495 e. The van der Waals surface area contributed by atoms with Crippen LogP contribution < -0.4 is 10.1 Å². The summed E-state index contributed by atoms with van der Waals surface area (Å²) >= 11 is 9.11. The number of carbonyl (C=O) groups is 1. The number of alkyl halides is 3. The van der Waals surface area contributed by atoms with Crippen molar-refractivity contribution < 1.29 is 31.1 Å². The fourth-order valence-corrected chi connectivity index (χ4v) is 3.30. The van der Waals surface area contributed by atoms with Crippen molar-refractivity contribution in [3.05, 3.63) is 51.5 Å². The van der Waals surface area contributed by atoms with Gasteiger partial charge >= 0.3 is 5.51 Å². The molecule has 0 heterocycles. The van der Waals surface area contributed by atoms with Crippen LogP contribution in [0.3, 0.4) is 0 Å². The molecular weight excluding hydrogens is 463 g/mol. The Bertz CT molecular complexity index is 964. The van der Waals surface area contributed by atoms with Gasteiger partial charge in [0.25, 0.3) is 15.7 Å². The maximum absolute atomic E-state index is 12.7. The van der Waals surface area contributed by atoms with Crippen molar-refractivity contribution in [2.24, 2.45) is 0 Å². The summed E-state index contributed by atoms with van der Waals surface area (Å²) in [6.07, 6.45) is 0. The lowest BCUT2D eigenvalue weighted by Gasteiger charge is -2.14. The maximum atomic E-state index is 12.7. The van der Waals surface area contributed by atoms with E-state index in [-0.39, 0.29) is 22.0 Å². The van der Waals surface area contributed by atoms with E-state index in [2.05, 4.69) is 21.2 Å². The highest BCUT2D eigenvalue weighted by molar-refractivity contribution is 9.10. The summed E-state index contributed by atoms with van der Waals surface area (Å²) in [6.45, 7) is 0. The first kappa shape index (κ1) is 20.5. The van der Waals surface area contributed by atoms with Crippen LogP contribution in [-0.4, -0.2) is 26.9 Å². The first-order chi connectivity index (χ1) is 12.0. The van der Waals surface area contributed by atoms with Crippen molar-refractivity contribution in [1.82, 2.24) is 0 Å². The number of halogens is 5. The molecule has 1 amide bonds. The summed E-state index contributed by atoms with van der Waals surface area (Å²) in [7, 11) is -4.36. The molecule has 0 aromatic heterocycles. The van der Waals surface area contributed by atoms with Crippen molar-refractivity contribution in [3.8, 4) is 5.75 Å². The summed E-state index contributed by atoms with van der Waals surface area (Å²) < 4.78 is 66.8. The second-order valence-electron chi connectivity index (χ2n) is 4.89. The minimum absolute atomic E-state index is 0.0226. The monoisotopic (exact) mass is 471 g/mol. The molecule has 0 atom stereocenters. The van der Waals surface area contributed by atoms with Crippen LogP contribution in [0.2, 0.25) is 5.02 Å². The van der Waals surface area contributed by atoms with E-state index in [1.54, 1.807) is 6.07 Å². The van der Waals surface area contributed by atoms with Crippen LogP contribution in [0, 0.1) is 0 Å². The molecule has 0 aliphatic rings. The molecule has 0 spiro atoms. The van der Waals surface area contributed by atoms with Crippen LogP contribution in [0.25, 0.3) is 0 Å². The van der Waals surface area contributed by atoms with E-state index in [0.29, 0.717) is 10.5 Å². The van der Waals surface area contributed by atoms with Gasteiger partial charge in [0.1, 0.15) is 5.75 Å². The van der Waals surface area contributed by atoms with Crippen molar-refractivity contribution in [1.29, 1.82) is 0 Å². The third kappa shape index (κ3) is 4.13. The summed E-state index contributed by atoms with van der Waals surface area (Å²) in [5.74, 6) is -0.776. The Balaban J connectivity index is 2.47. The number of amides is 1. The number of benzene rings is 2. The largest absolute Gasteiger partial charge is 0.501 e. The van der Waals surface area contributed by atoms with Crippen LogP contribution in [0.1, 0.15) is 10.4 Å². The SMILES string of the molecule is COc1ccc(S(=O)(=O)C(F)(F)F)cc1NC(=O)c1cc(Br)ccc1Cl. The zero-order chi connectivity index (χ0) is 19.7. The molecule has 0 aliphatic heterocycles. The lowest BCUT2D eigenvalue weighted by molar-refractivity contribution is -0.0436. The average molecular weight is 473 g/mol.